The number of nitrogens with zero attached hydrogens (tertiary/aromatic N) is 4. The van der Waals surface area contributed by atoms with Gasteiger partial charge in [0.05, 0.1) is 42.2 Å². The third-order valence-corrected chi connectivity index (χ3v) is 6.57. The summed E-state index contributed by atoms with van der Waals surface area (Å²) in [6.07, 6.45) is 3.93. The maximum absolute atomic E-state index is 5.84. The highest BCUT2D eigenvalue weighted by Gasteiger charge is 2.23. The molecule has 4 heterocycles. The third-order valence-electron chi connectivity index (χ3n) is 6.57. The van der Waals surface area contributed by atoms with Gasteiger partial charge < -0.3 is 28.6 Å². The van der Waals surface area contributed by atoms with Crippen LogP contribution in [0.2, 0.25) is 0 Å². The van der Waals surface area contributed by atoms with E-state index in [4.69, 9.17) is 28.7 Å². The molecule has 34 heavy (non-hydrogen) atoms. The number of fused-ring (bicyclic) bond motifs is 3. The van der Waals surface area contributed by atoms with E-state index in [2.05, 4.69) is 27.2 Å². The fraction of sp³-hybridized carbons (Fsp3) is 0.480. The minimum atomic E-state index is 0.529. The number of hydrogen-bond donors (Lipinski definition) is 1. The molecule has 180 valence electrons. The van der Waals surface area contributed by atoms with Gasteiger partial charge in [0.25, 0.3) is 0 Å². The van der Waals surface area contributed by atoms with Gasteiger partial charge in [0.2, 0.25) is 5.95 Å². The first kappa shape index (κ1) is 22.6. The van der Waals surface area contributed by atoms with Gasteiger partial charge in [0, 0.05) is 44.4 Å². The summed E-state index contributed by atoms with van der Waals surface area (Å²) >= 11 is 0. The molecule has 0 spiro atoms. The van der Waals surface area contributed by atoms with E-state index in [1.54, 1.807) is 14.2 Å². The lowest BCUT2D eigenvalue weighted by Crippen LogP contribution is -2.22. The van der Waals surface area contributed by atoms with Gasteiger partial charge in [-0.2, -0.15) is 0 Å². The van der Waals surface area contributed by atoms with Crippen molar-refractivity contribution in [1.82, 2.24) is 19.7 Å². The zero-order valence-electron chi connectivity index (χ0n) is 20.2. The second-order valence-electron chi connectivity index (χ2n) is 8.78. The number of nitrogens with one attached hydrogen (secondary N) is 1. The molecule has 0 aliphatic carbocycles. The average molecular weight is 466 g/mol. The van der Waals surface area contributed by atoms with Gasteiger partial charge in [-0.15, -0.1) is 0 Å². The van der Waals surface area contributed by atoms with Crippen molar-refractivity contribution in [1.29, 1.82) is 0 Å². The number of benzene rings is 1. The monoisotopic (exact) mass is 465 g/mol. The third kappa shape index (κ3) is 4.10. The quantitative estimate of drug-likeness (QED) is 0.384. The molecule has 1 saturated heterocycles. The molecule has 0 amide bonds. The molecular weight excluding hydrogens is 434 g/mol. The summed E-state index contributed by atoms with van der Waals surface area (Å²) in [5, 5.41) is 8.58. The van der Waals surface area contributed by atoms with Gasteiger partial charge in [-0.05, 0) is 44.7 Å². The Bertz CT molecular complexity index is 1290. The first-order valence-electron chi connectivity index (χ1n) is 11.7. The number of aryl methyl sites for hydroxylation is 2. The van der Waals surface area contributed by atoms with Crippen molar-refractivity contribution in [2.24, 2.45) is 5.92 Å². The maximum atomic E-state index is 5.84. The van der Waals surface area contributed by atoms with Crippen molar-refractivity contribution in [3.8, 4) is 16.9 Å². The van der Waals surface area contributed by atoms with Crippen LogP contribution in [0.1, 0.15) is 24.3 Å². The fourth-order valence-corrected chi connectivity index (χ4v) is 4.84. The molecular formula is C25H31N5O4. The average Bonchev–Trinajstić information content (AvgIpc) is 3.38. The van der Waals surface area contributed by atoms with Crippen LogP contribution in [0, 0.1) is 19.8 Å². The van der Waals surface area contributed by atoms with Crippen LogP contribution in [0.25, 0.3) is 33.1 Å². The number of pyridine rings is 1. The summed E-state index contributed by atoms with van der Waals surface area (Å²) < 4.78 is 24.4. The first-order chi connectivity index (χ1) is 16.6. The Labute approximate surface area is 198 Å². The van der Waals surface area contributed by atoms with E-state index >= 15 is 0 Å². The second kappa shape index (κ2) is 9.60. The summed E-state index contributed by atoms with van der Waals surface area (Å²) in [6, 6.07) is 4.12. The van der Waals surface area contributed by atoms with Crippen LogP contribution in [0.15, 0.2) is 22.9 Å². The standard InChI is InChI=1S/C25H31N5O4/c1-15-23(16(2)34-29-15)19-11-20-18(12-22(19)32-4)24-21(13-27-20)28-25(26-7-10-31-3)30(24)14-17-5-8-33-9-6-17/h11-13,17H,5-10,14H2,1-4H3,(H,26,28). The predicted molar refractivity (Wildman–Crippen MR) is 130 cm³/mol. The van der Waals surface area contributed by atoms with Crippen molar-refractivity contribution >= 4 is 27.9 Å². The Balaban J connectivity index is 1.68. The lowest BCUT2D eigenvalue weighted by atomic mass is 9.99. The topological polar surface area (TPSA) is 96.5 Å². The normalized spacial score (nSPS) is 14.8. The first-order valence-corrected chi connectivity index (χ1v) is 11.7. The largest absolute Gasteiger partial charge is 0.496 e. The number of ether oxygens (including phenoxy) is 3. The van der Waals surface area contributed by atoms with Gasteiger partial charge in [0.15, 0.2) is 0 Å². The van der Waals surface area contributed by atoms with Crippen LogP contribution < -0.4 is 10.1 Å². The van der Waals surface area contributed by atoms with Gasteiger partial charge >= 0.3 is 0 Å². The number of rotatable bonds is 8. The summed E-state index contributed by atoms with van der Waals surface area (Å²) in [4.78, 5) is 9.65. The van der Waals surface area contributed by atoms with Gasteiger partial charge in [-0.3, -0.25) is 4.98 Å². The van der Waals surface area contributed by atoms with Crippen LogP contribution in [0.4, 0.5) is 5.95 Å². The zero-order chi connectivity index (χ0) is 23.7. The highest BCUT2D eigenvalue weighted by molar-refractivity contribution is 6.05. The van der Waals surface area contributed by atoms with Crippen molar-refractivity contribution in [3.05, 3.63) is 29.8 Å². The molecule has 3 aromatic heterocycles. The van der Waals surface area contributed by atoms with E-state index in [9.17, 15) is 0 Å². The van der Waals surface area contributed by atoms with Crippen LogP contribution in [-0.2, 0) is 16.0 Å². The van der Waals surface area contributed by atoms with Crippen molar-refractivity contribution < 1.29 is 18.7 Å². The van der Waals surface area contributed by atoms with Gasteiger partial charge in [-0.1, -0.05) is 5.16 Å². The highest BCUT2D eigenvalue weighted by atomic mass is 16.5. The molecule has 4 aromatic rings. The summed E-state index contributed by atoms with van der Waals surface area (Å²) in [6.45, 7) is 7.61. The highest BCUT2D eigenvalue weighted by Crippen LogP contribution is 2.39. The smallest absolute Gasteiger partial charge is 0.204 e. The molecule has 1 aliphatic heterocycles. The molecule has 0 saturated carbocycles. The van der Waals surface area contributed by atoms with Crippen LogP contribution in [0.5, 0.6) is 5.75 Å². The lowest BCUT2D eigenvalue weighted by Gasteiger charge is -2.24. The summed E-state index contributed by atoms with van der Waals surface area (Å²) in [7, 11) is 3.39. The summed E-state index contributed by atoms with van der Waals surface area (Å²) in [5.41, 5.74) is 5.47. The number of imidazole rings is 1. The SMILES string of the molecule is COCCNc1nc2cnc3cc(-c4c(C)noc4C)c(OC)cc3c2n1CC1CCOCC1. The molecule has 0 radical (unpaired) electrons. The molecule has 0 atom stereocenters. The van der Waals surface area contributed by atoms with Gasteiger partial charge in [0.1, 0.15) is 17.0 Å². The van der Waals surface area contributed by atoms with Crippen LogP contribution >= 0.6 is 0 Å². The Morgan fingerprint density at radius 1 is 1.15 bits per heavy atom. The minimum Gasteiger partial charge on any atom is -0.496 e. The molecule has 1 N–H and O–H groups in total. The minimum absolute atomic E-state index is 0.529. The predicted octanol–water partition coefficient (Wildman–Crippen LogP) is 4.35. The van der Waals surface area contributed by atoms with Gasteiger partial charge in [-0.25, -0.2) is 4.98 Å². The molecule has 0 bridgehead atoms. The van der Waals surface area contributed by atoms with Crippen LogP contribution in [0.3, 0.4) is 0 Å². The molecule has 1 aromatic carbocycles. The Morgan fingerprint density at radius 3 is 2.68 bits per heavy atom. The second-order valence-corrected chi connectivity index (χ2v) is 8.78. The molecule has 9 heteroatoms. The summed E-state index contributed by atoms with van der Waals surface area (Å²) in [5.74, 6) is 2.87. The van der Waals surface area contributed by atoms with E-state index in [1.165, 1.54) is 0 Å². The van der Waals surface area contributed by atoms with E-state index in [0.29, 0.717) is 19.1 Å². The van der Waals surface area contributed by atoms with Crippen molar-refractivity contribution in [2.45, 2.75) is 33.2 Å². The van der Waals surface area contributed by atoms with Crippen molar-refractivity contribution in [2.75, 3.05) is 45.9 Å². The van der Waals surface area contributed by atoms with E-state index < -0.39 is 0 Å². The van der Waals surface area contributed by atoms with Crippen molar-refractivity contribution in [3.63, 3.8) is 0 Å². The Hall–Kier alpha value is -3.17. The maximum Gasteiger partial charge on any atom is 0.204 e. The number of methoxy groups -OCH3 is 2. The molecule has 1 fully saturated rings. The Morgan fingerprint density at radius 2 is 1.97 bits per heavy atom. The number of hydrogen-bond acceptors (Lipinski definition) is 8. The molecule has 1 aliphatic rings. The van der Waals surface area contributed by atoms with E-state index in [-0.39, 0.29) is 0 Å². The Kier molecular flexibility index (Phi) is 6.38. The molecule has 0 unspecified atom stereocenters. The molecule has 9 nitrogen and oxygen atoms in total. The molecule has 5 rings (SSSR count). The zero-order valence-corrected chi connectivity index (χ0v) is 20.2. The van der Waals surface area contributed by atoms with Crippen LogP contribution in [-0.4, -0.2) is 60.3 Å². The fourth-order valence-electron chi connectivity index (χ4n) is 4.84. The number of anilines is 1. The number of aromatic nitrogens is 4. The lowest BCUT2D eigenvalue weighted by molar-refractivity contribution is 0.0617. The van der Waals surface area contributed by atoms with E-state index in [1.807, 2.05) is 20.0 Å². The van der Waals surface area contributed by atoms with E-state index in [0.717, 1.165) is 88.8 Å².